The van der Waals surface area contributed by atoms with Crippen molar-refractivity contribution < 1.29 is 14.3 Å². The Labute approximate surface area is 97.4 Å². The highest BCUT2D eigenvalue weighted by molar-refractivity contribution is 6.31. The zero-order valence-electron chi connectivity index (χ0n) is 8.49. The van der Waals surface area contributed by atoms with E-state index in [0.29, 0.717) is 6.29 Å². The Morgan fingerprint density at radius 1 is 1.62 bits per heavy atom. The third-order valence-corrected chi connectivity index (χ3v) is 2.31. The van der Waals surface area contributed by atoms with E-state index >= 15 is 0 Å². The van der Waals surface area contributed by atoms with Crippen LogP contribution in [-0.2, 0) is 0 Å². The summed E-state index contributed by atoms with van der Waals surface area (Å²) in [5.41, 5.74) is 0.201. The SMILES string of the molecule is COc1ccc(C#N)c(C(=O)CCl)c1C=O. The molecule has 0 aliphatic heterocycles. The van der Waals surface area contributed by atoms with E-state index in [1.807, 2.05) is 6.07 Å². The molecule has 1 aromatic carbocycles. The Bertz CT molecular complexity index is 477. The van der Waals surface area contributed by atoms with Gasteiger partial charge in [0.1, 0.15) is 5.75 Å². The van der Waals surface area contributed by atoms with Gasteiger partial charge in [-0.15, -0.1) is 11.6 Å². The molecule has 0 unspecified atom stereocenters. The number of hydrogen-bond acceptors (Lipinski definition) is 4. The number of methoxy groups -OCH3 is 1. The first-order valence-corrected chi connectivity index (χ1v) is 4.88. The molecule has 0 saturated heterocycles. The molecule has 16 heavy (non-hydrogen) atoms. The number of benzene rings is 1. The number of ether oxygens (including phenoxy) is 1. The molecule has 0 atom stereocenters. The predicted octanol–water partition coefficient (Wildman–Crippen LogP) is 1.80. The van der Waals surface area contributed by atoms with E-state index in [0.717, 1.165) is 0 Å². The Balaban J connectivity index is 3.56. The van der Waals surface area contributed by atoms with Gasteiger partial charge < -0.3 is 4.74 Å². The van der Waals surface area contributed by atoms with E-state index in [1.54, 1.807) is 0 Å². The lowest BCUT2D eigenvalue weighted by Gasteiger charge is -2.09. The summed E-state index contributed by atoms with van der Waals surface area (Å²) in [6.45, 7) is 0. The van der Waals surface area contributed by atoms with Gasteiger partial charge in [0.05, 0.1) is 35.7 Å². The maximum atomic E-state index is 11.5. The molecule has 0 aliphatic rings. The minimum absolute atomic E-state index is 0.0202. The van der Waals surface area contributed by atoms with E-state index in [-0.39, 0.29) is 28.3 Å². The molecule has 82 valence electrons. The van der Waals surface area contributed by atoms with Gasteiger partial charge in [0.15, 0.2) is 12.1 Å². The van der Waals surface area contributed by atoms with E-state index in [4.69, 9.17) is 21.6 Å². The lowest BCUT2D eigenvalue weighted by molar-refractivity contribution is 0.101. The number of rotatable bonds is 4. The first-order chi connectivity index (χ1) is 7.69. The Hall–Kier alpha value is -1.86. The van der Waals surface area contributed by atoms with Gasteiger partial charge in [-0.2, -0.15) is 5.26 Å². The fourth-order valence-electron chi connectivity index (χ4n) is 1.36. The van der Waals surface area contributed by atoms with Crippen LogP contribution in [0.5, 0.6) is 5.75 Å². The van der Waals surface area contributed by atoms with E-state index in [2.05, 4.69) is 0 Å². The van der Waals surface area contributed by atoms with Crippen LogP contribution in [-0.4, -0.2) is 25.1 Å². The first-order valence-electron chi connectivity index (χ1n) is 4.35. The molecule has 0 heterocycles. The van der Waals surface area contributed by atoms with Crippen molar-refractivity contribution in [1.82, 2.24) is 0 Å². The van der Waals surface area contributed by atoms with Crippen molar-refractivity contribution in [3.8, 4) is 11.8 Å². The quantitative estimate of drug-likeness (QED) is 0.455. The summed E-state index contributed by atoms with van der Waals surface area (Å²) in [6, 6.07) is 4.73. The summed E-state index contributed by atoms with van der Waals surface area (Å²) < 4.78 is 4.94. The molecule has 4 nitrogen and oxygen atoms in total. The van der Waals surface area contributed by atoms with Crippen LogP contribution in [0.15, 0.2) is 12.1 Å². The van der Waals surface area contributed by atoms with Gasteiger partial charge in [0.2, 0.25) is 0 Å². The second-order valence-electron chi connectivity index (χ2n) is 2.89. The standard InChI is InChI=1S/C11H8ClNO3/c1-16-10-3-2-7(5-13)11(8(10)6-14)9(15)4-12/h2-3,6H,4H2,1H3. The molecular formula is C11H8ClNO3. The van der Waals surface area contributed by atoms with E-state index in [1.165, 1.54) is 19.2 Å². The molecule has 0 bridgehead atoms. The number of Topliss-reactive ketones (excluding diaryl/α,β-unsaturated/α-hetero) is 1. The molecule has 1 aromatic rings. The number of hydrogen-bond donors (Lipinski definition) is 0. The highest BCUT2D eigenvalue weighted by Gasteiger charge is 2.19. The third kappa shape index (κ3) is 2.05. The van der Waals surface area contributed by atoms with Gasteiger partial charge in [-0.05, 0) is 12.1 Å². The average molecular weight is 238 g/mol. The summed E-state index contributed by atoms with van der Waals surface area (Å²) in [5, 5.41) is 8.84. The lowest BCUT2D eigenvalue weighted by Crippen LogP contribution is -2.09. The Morgan fingerprint density at radius 3 is 2.75 bits per heavy atom. The largest absolute Gasteiger partial charge is 0.496 e. The molecule has 0 amide bonds. The smallest absolute Gasteiger partial charge is 0.179 e. The van der Waals surface area contributed by atoms with Crippen molar-refractivity contribution >= 4 is 23.7 Å². The van der Waals surface area contributed by atoms with Crippen LogP contribution >= 0.6 is 11.6 Å². The summed E-state index contributed by atoms with van der Waals surface area (Å²) >= 11 is 5.42. The highest BCUT2D eigenvalue weighted by atomic mass is 35.5. The zero-order valence-corrected chi connectivity index (χ0v) is 9.25. The van der Waals surface area contributed by atoms with Crippen LogP contribution in [0.1, 0.15) is 26.3 Å². The van der Waals surface area contributed by atoms with Gasteiger partial charge in [0.25, 0.3) is 0 Å². The van der Waals surface area contributed by atoms with Crippen LogP contribution in [0.25, 0.3) is 0 Å². The number of nitrogens with zero attached hydrogens (tertiary/aromatic N) is 1. The van der Waals surface area contributed by atoms with Crippen LogP contribution in [0.3, 0.4) is 0 Å². The summed E-state index contributed by atoms with van der Waals surface area (Å²) in [5.74, 6) is -0.510. The molecule has 5 heteroatoms. The molecule has 0 spiro atoms. The number of ketones is 1. The van der Waals surface area contributed by atoms with Gasteiger partial charge in [-0.25, -0.2) is 0 Å². The number of aldehydes is 1. The monoisotopic (exact) mass is 237 g/mol. The maximum Gasteiger partial charge on any atom is 0.179 e. The molecule has 0 radical (unpaired) electrons. The topological polar surface area (TPSA) is 67.2 Å². The van der Waals surface area contributed by atoms with Gasteiger partial charge >= 0.3 is 0 Å². The molecule has 0 fully saturated rings. The van der Waals surface area contributed by atoms with Crippen LogP contribution in [0.2, 0.25) is 0 Å². The maximum absolute atomic E-state index is 11.5. The number of carbonyl (C=O) groups is 2. The average Bonchev–Trinajstić information content (AvgIpc) is 2.35. The van der Waals surface area contributed by atoms with Gasteiger partial charge in [0, 0.05) is 0 Å². The lowest BCUT2D eigenvalue weighted by atomic mass is 9.98. The van der Waals surface area contributed by atoms with Crippen molar-refractivity contribution in [2.45, 2.75) is 0 Å². The Kier molecular flexibility index (Phi) is 4.03. The molecule has 0 aliphatic carbocycles. The molecule has 0 aromatic heterocycles. The van der Waals surface area contributed by atoms with Gasteiger partial charge in [-0.1, -0.05) is 0 Å². The number of carbonyl (C=O) groups excluding carboxylic acids is 2. The summed E-state index contributed by atoms with van der Waals surface area (Å²) in [7, 11) is 1.38. The predicted molar refractivity (Wildman–Crippen MR) is 58.1 cm³/mol. The summed E-state index contributed by atoms with van der Waals surface area (Å²) in [6.07, 6.45) is 0.486. The fourth-order valence-corrected chi connectivity index (χ4v) is 1.49. The summed E-state index contributed by atoms with van der Waals surface area (Å²) in [4.78, 5) is 22.5. The highest BCUT2D eigenvalue weighted by Crippen LogP contribution is 2.24. The zero-order chi connectivity index (χ0) is 12.1. The van der Waals surface area contributed by atoms with Crippen LogP contribution in [0.4, 0.5) is 0 Å². The fraction of sp³-hybridized carbons (Fsp3) is 0.182. The second-order valence-corrected chi connectivity index (χ2v) is 3.16. The molecule has 0 N–H and O–H groups in total. The normalized spacial score (nSPS) is 9.31. The van der Waals surface area contributed by atoms with Crippen molar-refractivity contribution in [3.05, 3.63) is 28.8 Å². The van der Waals surface area contributed by atoms with Crippen LogP contribution < -0.4 is 4.74 Å². The van der Waals surface area contributed by atoms with Crippen molar-refractivity contribution in [2.75, 3.05) is 13.0 Å². The third-order valence-electron chi connectivity index (χ3n) is 2.06. The van der Waals surface area contributed by atoms with Crippen LogP contribution in [0, 0.1) is 11.3 Å². The number of nitriles is 1. The Morgan fingerprint density at radius 2 is 2.31 bits per heavy atom. The van der Waals surface area contributed by atoms with Crippen molar-refractivity contribution in [1.29, 1.82) is 5.26 Å². The molecule has 1 rings (SSSR count). The van der Waals surface area contributed by atoms with Crippen molar-refractivity contribution in [3.63, 3.8) is 0 Å². The van der Waals surface area contributed by atoms with E-state index in [9.17, 15) is 9.59 Å². The first kappa shape index (κ1) is 12.2. The number of alkyl halides is 1. The van der Waals surface area contributed by atoms with E-state index < -0.39 is 5.78 Å². The number of halogens is 1. The van der Waals surface area contributed by atoms with Crippen molar-refractivity contribution in [2.24, 2.45) is 0 Å². The second kappa shape index (κ2) is 5.29. The minimum Gasteiger partial charge on any atom is -0.496 e. The molecular weight excluding hydrogens is 230 g/mol. The minimum atomic E-state index is -0.473. The van der Waals surface area contributed by atoms with Gasteiger partial charge in [-0.3, -0.25) is 9.59 Å². The molecule has 0 saturated carbocycles.